The first-order chi connectivity index (χ1) is 9.22. The van der Waals surface area contributed by atoms with Gasteiger partial charge in [-0.2, -0.15) is 0 Å². The first kappa shape index (κ1) is 17.1. The number of hydrogen-bond acceptors (Lipinski definition) is 3. The molecule has 5 heteroatoms. The topological polar surface area (TPSA) is 58.2 Å². The molecule has 0 aliphatic rings. The molecule has 0 unspecified atom stereocenters. The standard InChI is InChI=1S/C15H26N2O2S/c1-5-16-10-13-7-6-8-14(9-13)11-20(18,19)17-12-15(2,3)4/h6-9,16-17H,5,10-12H2,1-4H3. The molecule has 0 aromatic heterocycles. The van der Waals surface area contributed by atoms with E-state index >= 15 is 0 Å². The molecule has 0 bridgehead atoms. The van der Waals surface area contributed by atoms with E-state index in [4.69, 9.17) is 0 Å². The summed E-state index contributed by atoms with van der Waals surface area (Å²) in [4.78, 5) is 0. The van der Waals surface area contributed by atoms with Gasteiger partial charge >= 0.3 is 0 Å². The lowest BCUT2D eigenvalue weighted by atomic mass is 9.98. The van der Waals surface area contributed by atoms with E-state index in [-0.39, 0.29) is 11.2 Å². The molecular formula is C15H26N2O2S. The van der Waals surface area contributed by atoms with Gasteiger partial charge in [0.05, 0.1) is 5.75 Å². The van der Waals surface area contributed by atoms with Crippen molar-refractivity contribution in [3.8, 4) is 0 Å². The molecule has 0 spiro atoms. The molecule has 0 amide bonds. The van der Waals surface area contributed by atoms with E-state index in [0.29, 0.717) is 6.54 Å². The maximum absolute atomic E-state index is 12.0. The van der Waals surface area contributed by atoms with Crippen LogP contribution in [0.1, 0.15) is 38.8 Å². The van der Waals surface area contributed by atoms with Crippen molar-refractivity contribution in [2.75, 3.05) is 13.1 Å². The molecule has 20 heavy (non-hydrogen) atoms. The van der Waals surface area contributed by atoms with Crippen molar-refractivity contribution in [3.05, 3.63) is 35.4 Å². The second kappa shape index (κ2) is 7.20. The lowest BCUT2D eigenvalue weighted by Crippen LogP contribution is -2.33. The molecule has 0 saturated carbocycles. The van der Waals surface area contributed by atoms with E-state index in [0.717, 1.165) is 24.2 Å². The van der Waals surface area contributed by atoms with E-state index in [2.05, 4.69) is 10.0 Å². The highest BCUT2D eigenvalue weighted by Gasteiger charge is 2.17. The number of hydrogen-bond donors (Lipinski definition) is 2. The van der Waals surface area contributed by atoms with Crippen LogP contribution >= 0.6 is 0 Å². The molecule has 0 aliphatic carbocycles. The van der Waals surface area contributed by atoms with Gasteiger partial charge in [-0.15, -0.1) is 0 Å². The molecule has 2 N–H and O–H groups in total. The summed E-state index contributed by atoms with van der Waals surface area (Å²) in [6.45, 7) is 10.2. The predicted molar refractivity (Wildman–Crippen MR) is 83.9 cm³/mol. The molecule has 0 aliphatic heterocycles. The predicted octanol–water partition coefficient (Wildman–Crippen LogP) is 2.26. The summed E-state index contributed by atoms with van der Waals surface area (Å²) in [5.74, 6) is 0.0308. The quantitative estimate of drug-likeness (QED) is 0.812. The molecular weight excluding hydrogens is 272 g/mol. The maximum Gasteiger partial charge on any atom is 0.215 e. The normalized spacial score (nSPS) is 12.6. The molecule has 0 saturated heterocycles. The fourth-order valence-electron chi connectivity index (χ4n) is 1.70. The van der Waals surface area contributed by atoms with Gasteiger partial charge in [0.2, 0.25) is 10.0 Å². The van der Waals surface area contributed by atoms with Crippen LogP contribution < -0.4 is 10.0 Å². The highest BCUT2D eigenvalue weighted by Crippen LogP contribution is 2.13. The van der Waals surface area contributed by atoms with Crippen LogP contribution in [0, 0.1) is 5.41 Å². The van der Waals surface area contributed by atoms with Crippen molar-refractivity contribution in [3.63, 3.8) is 0 Å². The van der Waals surface area contributed by atoms with Gasteiger partial charge in [-0.1, -0.05) is 52.0 Å². The Balaban J connectivity index is 2.67. The van der Waals surface area contributed by atoms with Crippen LogP contribution in [0.3, 0.4) is 0 Å². The van der Waals surface area contributed by atoms with Gasteiger partial charge in [0, 0.05) is 13.1 Å². The Hall–Kier alpha value is -0.910. The smallest absolute Gasteiger partial charge is 0.215 e. The van der Waals surface area contributed by atoms with Crippen LogP contribution in [-0.2, 0) is 22.3 Å². The van der Waals surface area contributed by atoms with Gasteiger partial charge in [-0.25, -0.2) is 13.1 Å². The van der Waals surface area contributed by atoms with E-state index in [9.17, 15) is 8.42 Å². The van der Waals surface area contributed by atoms with Gasteiger partial charge in [0.1, 0.15) is 0 Å². The third-order valence-corrected chi connectivity index (χ3v) is 4.05. The minimum atomic E-state index is -3.28. The molecule has 0 radical (unpaired) electrons. The van der Waals surface area contributed by atoms with Gasteiger partial charge in [0.15, 0.2) is 0 Å². The van der Waals surface area contributed by atoms with Crippen LogP contribution in [0.15, 0.2) is 24.3 Å². The fraction of sp³-hybridized carbons (Fsp3) is 0.600. The lowest BCUT2D eigenvalue weighted by molar-refractivity contribution is 0.407. The van der Waals surface area contributed by atoms with Crippen LogP contribution in [-0.4, -0.2) is 21.5 Å². The molecule has 4 nitrogen and oxygen atoms in total. The van der Waals surface area contributed by atoms with Crippen LogP contribution in [0.4, 0.5) is 0 Å². The van der Waals surface area contributed by atoms with Crippen molar-refractivity contribution in [1.82, 2.24) is 10.0 Å². The average Bonchev–Trinajstić information content (AvgIpc) is 2.33. The largest absolute Gasteiger partial charge is 0.313 e. The van der Waals surface area contributed by atoms with Crippen LogP contribution in [0.25, 0.3) is 0 Å². The van der Waals surface area contributed by atoms with Gasteiger partial charge in [-0.3, -0.25) is 0 Å². The van der Waals surface area contributed by atoms with E-state index in [1.807, 2.05) is 52.0 Å². The second-order valence-corrected chi connectivity index (χ2v) is 8.05. The minimum Gasteiger partial charge on any atom is -0.313 e. The van der Waals surface area contributed by atoms with Crippen LogP contribution in [0.5, 0.6) is 0 Å². The van der Waals surface area contributed by atoms with Gasteiger partial charge < -0.3 is 5.32 Å². The zero-order valence-corrected chi connectivity index (χ0v) is 13.7. The number of nitrogens with one attached hydrogen (secondary N) is 2. The molecule has 1 rings (SSSR count). The van der Waals surface area contributed by atoms with Crippen molar-refractivity contribution in [2.45, 2.75) is 40.0 Å². The van der Waals surface area contributed by atoms with Crippen molar-refractivity contribution >= 4 is 10.0 Å². The summed E-state index contributed by atoms with van der Waals surface area (Å²) in [6, 6.07) is 7.70. The average molecular weight is 298 g/mol. The van der Waals surface area contributed by atoms with Crippen LogP contribution in [0.2, 0.25) is 0 Å². The third kappa shape index (κ3) is 7.03. The van der Waals surface area contributed by atoms with Crippen molar-refractivity contribution in [1.29, 1.82) is 0 Å². The zero-order chi connectivity index (χ0) is 15.2. The Morgan fingerprint density at radius 3 is 2.40 bits per heavy atom. The zero-order valence-electron chi connectivity index (χ0n) is 12.9. The van der Waals surface area contributed by atoms with Crippen molar-refractivity contribution in [2.24, 2.45) is 5.41 Å². The summed E-state index contributed by atoms with van der Waals surface area (Å²) >= 11 is 0. The Morgan fingerprint density at radius 1 is 1.15 bits per heavy atom. The molecule has 1 aromatic rings. The number of sulfonamides is 1. The molecule has 114 valence electrons. The van der Waals surface area contributed by atoms with E-state index in [1.54, 1.807) is 0 Å². The fourth-order valence-corrected chi connectivity index (χ4v) is 3.07. The van der Waals surface area contributed by atoms with Gasteiger partial charge in [0.25, 0.3) is 0 Å². The number of benzene rings is 1. The Morgan fingerprint density at radius 2 is 1.80 bits per heavy atom. The molecule has 0 heterocycles. The Labute approximate surface area is 123 Å². The third-order valence-electron chi connectivity index (χ3n) is 2.75. The highest BCUT2D eigenvalue weighted by molar-refractivity contribution is 7.88. The summed E-state index contributed by atoms with van der Waals surface area (Å²) in [6.07, 6.45) is 0. The lowest BCUT2D eigenvalue weighted by Gasteiger charge is -2.18. The summed E-state index contributed by atoms with van der Waals surface area (Å²) in [7, 11) is -3.28. The van der Waals surface area contributed by atoms with Gasteiger partial charge in [-0.05, 0) is 23.1 Å². The Bertz CT molecular complexity index is 519. The first-order valence-corrected chi connectivity index (χ1v) is 8.63. The highest BCUT2D eigenvalue weighted by atomic mass is 32.2. The van der Waals surface area contributed by atoms with E-state index < -0.39 is 10.0 Å². The molecule has 0 atom stereocenters. The second-order valence-electron chi connectivity index (χ2n) is 6.24. The summed E-state index contributed by atoms with van der Waals surface area (Å²) < 4.78 is 26.8. The van der Waals surface area contributed by atoms with E-state index in [1.165, 1.54) is 0 Å². The number of rotatable bonds is 7. The molecule has 1 aromatic carbocycles. The minimum absolute atomic E-state index is 0.0308. The SMILES string of the molecule is CCNCc1cccc(CS(=O)(=O)NCC(C)(C)C)c1. The Kier molecular flexibility index (Phi) is 6.17. The monoisotopic (exact) mass is 298 g/mol. The maximum atomic E-state index is 12.0. The summed E-state index contributed by atoms with van der Waals surface area (Å²) in [5, 5.41) is 3.23. The summed E-state index contributed by atoms with van der Waals surface area (Å²) in [5.41, 5.74) is 1.87. The first-order valence-electron chi connectivity index (χ1n) is 6.98. The van der Waals surface area contributed by atoms with Crippen molar-refractivity contribution < 1.29 is 8.42 Å². The molecule has 0 fully saturated rings.